The number of carbonyl (C=O) groups excluding carboxylic acids is 1. The Balaban J connectivity index is 1.45. The van der Waals surface area contributed by atoms with Gasteiger partial charge in [-0.3, -0.25) is 14.0 Å². The van der Waals surface area contributed by atoms with Crippen LogP contribution in [0.4, 0.5) is 0 Å². The maximum absolute atomic E-state index is 13.5. The van der Waals surface area contributed by atoms with Crippen LogP contribution in [0.1, 0.15) is 43.2 Å². The van der Waals surface area contributed by atoms with Crippen LogP contribution < -0.4 is 10.9 Å². The van der Waals surface area contributed by atoms with Crippen molar-refractivity contribution in [3.8, 4) is 5.69 Å². The molecule has 0 saturated carbocycles. The molecule has 0 spiro atoms. The van der Waals surface area contributed by atoms with E-state index in [4.69, 9.17) is 0 Å². The Morgan fingerprint density at radius 1 is 1.11 bits per heavy atom. The molecule has 1 N–H and O–H groups in total. The summed E-state index contributed by atoms with van der Waals surface area (Å²) in [5, 5.41) is 13.0. The van der Waals surface area contributed by atoms with E-state index < -0.39 is 0 Å². The minimum Gasteiger partial charge on any atom is -0.355 e. The quantitative estimate of drug-likeness (QED) is 0.301. The number of fused-ring (bicyclic) bond motifs is 3. The largest absolute Gasteiger partial charge is 0.355 e. The summed E-state index contributed by atoms with van der Waals surface area (Å²) < 4.78 is 3.50. The predicted molar refractivity (Wildman–Crippen MR) is 140 cm³/mol. The van der Waals surface area contributed by atoms with Crippen LogP contribution in [0.2, 0.25) is 0 Å². The van der Waals surface area contributed by atoms with E-state index in [1.54, 1.807) is 4.57 Å². The number of hydrogen-bond acceptors (Lipinski definition) is 5. The molecule has 2 aromatic heterocycles. The van der Waals surface area contributed by atoms with Crippen molar-refractivity contribution in [3.63, 3.8) is 0 Å². The molecule has 1 amide bonds. The van der Waals surface area contributed by atoms with Crippen molar-refractivity contribution in [2.24, 2.45) is 0 Å². The van der Waals surface area contributed by atoms with Gasteiger partial charge in [0, 0.05) is 6.54 Å². The Bertz CT molecular complexity index is 1500. The molecule has 5 rings (SSSR count). The van der Waals surface area contributed by atoms with Crippen LogP contribution in [0.5, 0.6) is 0 Å². The van der Waals surface area contributed by atoms with E-state index in [2.05, 4.69) is 21.6 Å². The number of aryl methyl sites for hydroxylation is 2. The Morgan fingerprint density at radius 2 is 1.97 bits per heavy atom. The van der Waals surface area contributed by atoms with E-state index in [0.29, 0.717) is 22.9 Å². The molecule has 180 valence electrons. The number of carbonyl (C=O) groups is 1. The van der Waals surface area contributed by atoms with Gasteiger partial charge in [-0.2, -0.15) is 0 Å². The number of benzene rings is 2. The fourth-order valence-corrected chi connectivity index (χ4v) is 5.39. The van der Waals surface area contributed by atoms with Gasteiger partial charge in [-0.05, 0) is 75.3 Å². The van der Waals surface area contributed by atoms with Crippen molar-refractivity contribution in [2.75, 3.05) is 12.3 Å². The van der Waals surface area contributed by atoms with Crippen LogP contribution >= 0.6 is 11.8 Å². The third-order valence-corrected chi connectivity index (χ3v) is 7.41. The molecule has 35 heavy (non-hydrogen) atoms. The number of allylic oxidation sites excluding steroid dienone is 1. The average molecular weight is 488 g/mol. The van der Waals surface area contributed by atoms with Gasteiger partial charge in [0.15, 0.2) is 5.16 Å². The number of thioether (sulfide) groups is 1. The van der Waals surface area contributed by atoms with Crippen molar-refractivity contribution in [3.05, 3.63) is 75.6 Å². The number of amides is 1. The van der Waals surface area contributed by atoms with Gasteiger partial charge < -0.3 is 5.32 Å². The molecule has 2 heterocycles. The highest BCUT2D eigenvalue weighted by Gasteiger charge is 2.19. The van der Waals surface area contributed by atoms with Gasteiger partial charge in [-0.25, -0.2) is 4.57 Å². The molecule has 1 aliphatic rings. The SMILES string of the molecule is Cc1ccc(C)c(-n2c(=O)c3ccccc3n3c(SCC(=O)NCCC4=CCCCC4)nnc23)c1. The summed E-state index contributed by atoms with van der Waals surface area (Å²) in [5.74, 6) is 0.640. The lowest BCUT2D eigenvalue weighted by molar-refractivity contribution is -0.118. The van der Waals surface area contributed by atoms with Gasteiger partial charge in [-0.15, -0.1) is 10.2 Å². The first kappa shape index (κ1) is 23.4. The summed E-state index contributed by atoms with van der Waals surface area (Å²) in [6, 6.07) is 13.5. The Morgan fingerprint density at radius 3 is 2.80 bits per heavy atom. The van der Waals surface area contributed by atoms with Crippen molar-refractivity contribution in [1.29, 1.82) is 0 Å². The van der Waals surface area contributed by atoms with Crippen molar-refractivity contribution >= 4 is 34.3 Å². The van der Waals surface area contributed by atoms with E-state index in [-0.39, 0.29) is 17.2 Å². The number of aromatic nitrogens is 4. The molecule has 0 atom stereocenters. The monoisotopic (exact) mass is 487 g/mol. The summed E-state index contributed by atoms with van der Waals surface area (Å²) in [6.07, 6.45) is 8.04. The first-order chi connectivity index (χ1) is 17.0. The fraction of sp³-hybridized carbons (Fsp3) is 0.333. The van der Waals surface area contributed by atoms with Crippen LogP contribution in [0, 0.1) is 13.8 Å². The minimum absolute atomic E-state index is 0.0321. The summed E-state index contributed by atoms with van der Waals surface area (Å²) in [4.78, 5) is 26.1. The Kier molecular flexibility index (Phi) is 6.72. The topological polar surface area (TPSA) is 81.3 Å². The molecule has 0 bridgehead atoms. The predicted octanol–water partition coefficient (Wildman–Crippen LogP) is 4.75. The zero-order valence-corrected chi connectivity index (χ0v) is 20.9. The number of rotatable bonds is 7. The van der Waals surface area contributed by atoms with Crippen LogP contribution in [0.15, 0.2) is 64.1 Å². The summed E-state index contributed by atoms with van der Waals surface area (Å²) in [5.41, 5.74) is 4.85. The van der Waals surface area contributed by atoms with Gasteiger partial charge in [-0.1, -0.05) is 47.7 Å². The third kappa shape index (κ3) is 4.75. The lowest BCUT2D eigenvalue weighted by Gasteiger charge is -2.14. The number of nitrogens with zero attached hydrogens (tertiary/aromatic N) is 4. The minimum atomic E-state index is -0.138. The first-order valence-electron chi connectivity index (χ1n) is 12.1. The first-order valence-corrected chi connectivity index (χ1v) is 13.1. The average Bonchev–Trinajstić information content (AvgIpc) is 3.29. The number of hydrogen-bond donors (Lipinski definition) is 1. The van der Waals surface area contributed by atoms with Gasteiger partial charge in [0.1, 0.15) is 0 Å². The van der Waals surface area contributed by atoms with E-state index in [1.807, 2.05) is 60.7 Å². The highest BCUT2D eigenvalue weighted by Crippen LogP contribution is 2.25. The lowest BCUT2D eigenvalue weighted by atomic mass is 9.97. The highest BCUT2D eigenvalue weighted by atomic mass is 32.2. The van der Waals surface area contributed by atoms with Gasteiger partial charge in [0.05, 0.1) is 22.3 Å². The van der Waals surface area contributed by atoms with Crippen LogP contribution in [0.25, 0.3) is 22.4 Å². The Hall–Kier alpha value is -3.39. The second-order valence-electron chi connectivity index (χ2n) is 9.06. The van der Waals surface area contributed by atoms with E-state index >= 15 is 0 Å². The molecule has 0 saturated heterocycles. The second-order valence-corrected chi connectivity index (χ2v) is 10.0. The summed E-state index contributed by atoms with van der Waals surface area (Å²) >= 11 is 1.33. The van der Waals surface area contributed by atoms with E-state index in [9.17, 15) is 9.59 Å². The second kappa shape index (κ2) is 10.1. The molecule has 0 aliphatic heterocycles. The molecule has 8 heteroatoms. The zero-order valence-electron chi connectivity index (χ0n) is 20.1. The molecular formula is C27H29N5O2S. The third-order valence-electron chi connectivity index (χ3n) is 6.49. The normalized spacial score (nSPS) is 13.8. The molecule has 2 aromatic carbocycles. The standard InChI is InChI=1S/C27H29N5O2S/c1-18-12-13-19(2)23(16-18)31-25(34)21-10-6-7-11-22(21)32-26(31)29-30-27(32)35-17-24(33)28-15-14-20-8-4-3-5-9-20/h6-8,10-13,16H,3-5,9,14-15,17H2,1-2H3,(H,28,33). The van der Waals surface area contributed by atoms with Crippen molar-refractivity contribution in [2.45, 2.75) is 51.1 Å². The molecule has 1 aliphatic carbocycles. The highest BCUT2D eigenvalue weighted by molar-refractivity contribution is 7.99. The maximum Gasteiger partial charge on any atom is 0.267 e. The van der Waals surface area contributed by atoms with Gasteiger partial charge >= 0.3 is 0 Å². The molecule has 0 radical (unpaired) electrons. The summed E-state index contributed by atoms with van der Waals surface area (Å²) in [6.45, 7) is 4.63. The van der Waals surface area contributed by atoms with Gasteiger partial charge in [0.25, 0.3) is 5.56 Å². The Labute approximate surface area is 208 Å². The number of para-hydroxylation sites is 1. The molecule has 0 fully saturated rings. The lowest BCUT2D eigenvalue weighted by Crippen LogP contribution is -2.26. The summed E-state index contributed by atoms with van der Waals surface area (Å²) in [7, 11) is 0. The molecule has 7 nitrogen and oxygen atoms in total. The smallest absolute Gasteiger partial charge is 0.267 e. The fourth-order valence-electron chi connectivity index (χ4n) is 4.62. The van der Waals surface area contributed by atoms with Crippen LogP contribution in [-0.2, 0) is 4.79 Å². The molecule has 0 unspecified atom stereocenters. The van der Waals surface area contributed by atoms with Crippen molar-refractivity contribution in [1.82, 2.24) is 24.5 Å². The molecular weight excluding hydrogens is 458 g/mol. The van der Waals surface area contributed by atoms with Crippen molar-refractivity contribution < 1.29 is 4.79 Å². The number of nitrogens with one attached hydrogen (secondary N) is 1. The van der Waals surface area contributed by atoms with Gasteiger partial charge in [0.2, 0.25) is 11.7 Å². The zero-order chi connectivity index (χ0) is 24.4. The van der Waals surface area contributed by atoms with E-state index in [0.717, 1.165) is 41.6 Å². The maximum atomic E-state index is 13.5. The van der Waals surface area contributed by atoms with Crippen LogP contribution in [-0.4, -0.2) is 37.4 Å². The van der Waals surface area contributed by atoms with E-state index in [1.165, 1.54) is 30.2 Å². The molecule has 4 aromatic rings. The van der Waals surface area contributed by atoms with Crippen LogP contribution in [0.3, 0.4) is 0 Å².